The van der Waals surface area contributed by atoms with Crippen LogP contribution in [0.3, 0.4) is 0 Å². The molecule has 0 radical (unpaired) electrons. The molecule has 1 aliphatic rings. The van der Waals surface area contributed by atoms with Gasteiger partial charge in [-0.3, -0.25) is 9.59 Å². The van der Waals surface area contributed by atoms with E-state index >= 15 is 0 Å². The third-order valence-electron chi connectivity index (χ3n) is 4.27. The molecule has 2 amide bonds. The predicted octanol–water partition coefficient (Wildman–Crippen LogP) is 2.61. The van der Waals surface area contributed by atoms with Crippen molar-refractivity contribution < 1.29 is 9.59 Å². The van der Waals surface area contributed by atoms with Gasteiger partial charge >= 0.3 is 0 Å². The van der Waals surface area contributed by atoms with Crippen LogP contribution in [0.4, 0.5) is 5.69 Å². The highest BCUT2D eigenvalue weighted by molar-refractivity contribution is 5.96. The van der Waals surface area contributed by atoms with Gasteiger partial charge in [-0.2, -0.15) is 0 Å². The Hall–Kier alpha value is -2.56. The molecule has 5 heteroatoms. The molecule has 23 heavy (non-hydrogen) atoms. The van der Waals surface area contributed by atoms with Crippen LogP contribution >= 0.6 is 0 Å². The third-order valence-corrected chi connectivity index (χ3v) is 4.27. The second-order valence-corrected chi connectivity index (χ2v) is 6.05. The van der Waals surface area contributed by atoms with E-state index in [2.05, 4.69) is 15.2 Å². The van der Waals surface area contributed by atoms with E-state index in [0.29, 0.717) is 12.1 Å². The summed E-state index contributed by atoms with van der Waals surface area (Å²) in [6.45, 7) is 2.52. The molecule has 1 heterocycles. The normalized spacial score (nSPS) is 13.7. The molecule has 1 fully saturated rings. The minimum atomic E-state index is -0.121. The Kier molecular flexibility index (Phi) is 4.19. The van der Waals surface area contributed by atoms with Crippen LogP contribution < -0.4 is 10.6 Å². The number of rotatable bonds is 5. The van der Waals surface area contributed by atoms with Gasteiger partial charge in [-0.1, -0.05) is 0 Å². The maximum Gasteiger partial charge on any atom is 0.251 e. The fourth-order valence-corrected chi connectivity index (χ4v) is 2.41. The molecule has 0 spiro atoms. The molecule has 1 aliphatic carbocycles. The average Bonchev–Trinajstić information content (AvgIpc) is 3.35. The van der Waals surface area contributed by atoms with Crippen LogP contribution in [-0.4, -0.2) is 16.4 Å². The molecule has 2 aromatic rings. The average molecular weight is 311 g/mol. The van der Waals surface area contributed by atoms with E-state index in [1.807, 2.05) is 26.1 Å². The van der Waals surface area contributed by atoms with Crippen LogP contribution in [0.5, 0.6) is 0 Å². The highest BCUT2D eigenvalue weighted by atomic mass is 16.2. The predicted molar refractivity (Wildman–Crippen MR) is 89.1 cm³/mol. The van der Waals surface area contributed by atoms with E-state index in [1.54, 1.807) is 24.3 Å². The van der Waals surface area contributed by atoms with E-state index in [1.165, 1.54) is 0 Å². The lowest BCUT2D eigenvalue weighted by molar-refractivity contribution is -0.117. The van der Waals surface area contributed by atoms with Gasteiger partial charge < -0.3 is 15.2 Å². The Balaban J connectivity index is 1.56. The number of nitrogens with zero attached hydrogens (tertiary/aromatic N) is 1. The van der Waals surface area contributed by atoms with Crippen molar-refractivity contribution >= 4 is 17.5 Å². The van der Waals surface area contributed by atoms with Gasteiger partial charge in [0.15, 0.2) is 0 Å². The summed E-state index contributed by atoms with van der Waals surface area (Å²) in [5, 5.41) is 5.77. The SMILES string of the molecule is Cc1ccc(CNC(=O)c2ccc(NC(=O)C3CC3)cc2)n1C. The molecule has 0 unspecified atom stereocenters. The second kappa shape index (κ2) is 6.28. The van der Waals surface area contributed by atoms with Gasteiger partial charge in [0.05, 0.1) is 6.54 Å². The van der Waals surface area contributed by atoms with Crippen LogP contribution in [0.2, 0.25) is 0 Å². The smallest absolute Gasteiger partial charge is 0.251 e. The first-order valence-electron chi connectivity index (χ1n) is 7.85. The number of anilines is 1. The monoisotopic (exact) mass is 311 g/mol. The first-order chi connectivity index (χ1) is 11.0. The fraction of sp³-hybridized carbons (Fsp3) is 0.333. The zero-order valence-corrected chi connectivity index (χ0v) is 13.4. The first-order valence-corrected chi connectivity index (χ1v) is 7.85. The van der Waals surface area contributed by atoms with Gasteiger partial charge in [0, 0.05) is 35.6 Å². The maximum absolute atomic E-state index is 12.2. The summed E-state index contributed by atoms with van der Waals surface area (Å²) >= 11 is 0. The number of carbonyl (C=O) groups is 2. The highest BCUT2D eigenvalue weighted by Gasteiger charge is 2.29. The third kappa shape index (κ3) is 3.62. The Morgan fingerprint density at radius 1 is 1.13 bits per heavy atom. The van der Waals surface area contributed by atoms with Gasteiger partial charge in [-0.25, -0.2) is 0 Å². The molecule has 5 nitrogen and oxygen atoms in total. The van der Waals surface area contributed by atoms with E-state index in [4.69, 9.17) is 0 Å². The number of aryl methyl sites for hydroxylation is 1. The van der Waals surface area contributed by atoms with Crippen molar-refractivity contribution in [2.45, 2.75) is 26.3 Å². The number of hydrogen-bond donors (Lipinski definition) is 2. The largest absolute Gasteiger partial charge is 0.350 e. The lowest BCUT2D eigenvalue weighted by atomic mass is 10.2. The number of amides is 2. The Morgan fingerprint density at radius 2 is 1.83 bits per heavy atom. The number of aromatic nitrogens is 1. The van der Waals surface area contributed by atoms with Crippen molar-refractivity contribution in [1.29, 1.82) is 0 Å². The van der Waals surface area contributed by atoms with E-state index in [0.717, 1.165) is 29.9 Å². The number of carbonyl (C=O) groups excluding carboxylic acids is 2. The Morgan fingerprint density at radius 3 is 2.39 bits per heavy atom. The van der Waals surface area contributed by atoms with Crippen LogP contribution in [-0.2, 0) is 18.4 Å². The first kappa shape index (κ1) is 15.3. The summed E-state index contributed by atoms with van der Waals surface area (Å²) < 4.78 is 2.05. The minimum Gasteiger partial charge on any atom is -0.350 e. The van der Waals surface area contributed by atoms with Crippen molar-refractivity contribution in [2.75, 3.05) is 5.32 Å². The van der Waals surface area contributed by atoms with Crippen LogP contribution in [0.15, 0.2) is 36.4 Å². The lowest BCUT2D eigenvalue weighted by Crippen LogP contribution is -2.24. The molecule has 1 aromatic heterocycles. The molecule has 3 rings (SSSR count). The number of hydrogen-bond acceptors (Lipinski definition) is 2. The molecule has 0 aliphatic heterocycles. The van der Waals surface area contributed by atoms with Gasteiger partial charge in [0.25, 0.3) is 5.91 Å². The summed E-state index contributed by atoms with van der Waals surface area (Å²) in [7, 11) is 1.98. The van der Waals surface area contributed by atoms with Gasteiger partial charge in [-0.05, 0) is 56.2 Å². The second-order valence-electron chi connectivity index (χ2n) is 6.05. The highest BCUT2D eigenvalue weighted by Crippen LogP contribution is 2.30. The Bertz CT molecular complexity index is 727. The summed E-state index contributed by atoms with van der Waals surface area (Å²) in [5.74, 6) is 0.122. The zero-order valence-electron chi connectivity index (χ0n) is 13.4. The van der Waals surface area contributed by atoms with Crippen LogP contribution in [0, 0.1) is 12.8 Å². The van der Waals surface area contributed by atoms with E-state index < -0.39 is 0 Å². The van der Waals surface area contributed by atoms with Crippen molar-refractivity contribution in [3.05, 3.63) is 53.3 Å². The summed E-state index contributed by atoms with van der Waals surface area (Å²) in [5.41, 5.74) is 3.53. The van der Waals surface area contributed by atoms with Crippen molar-refractivity contribution in [1.82, 2.24) is 9.88 Å². The maximum atomic E-state index is 12.2. The molecule has 1 saturated carbocycles. The molecular formula is C18H21N3O2. The molecule has 1 aromatic carbocycles. The minimum absolute atomic E-state index is 0.0706. The molecular weight excluding hydrogens is 290 g/mol. The van der Waals surface area contributed by atoms with E-state index in [-0.39, 0.29) is 17.7 Å². The lowest BCUT2D eigenvalue weighted by Gasteiger charge is -2.09. The fourth-order valence-electron chi connectivity index (χ4n) is 2.41. The molecule has 120 valence electrons. The van der Waals surface area contributed by atoms with Crippen molar-refractivity contribution in [3.8, 4) is 0 Å². The van der Waals surface area contributed by atoms with Gasteiger partial charge in [0.1, 0.15) is 0 Å². The molecule has 2 N–H and O–H groups in total. The molecule has 0 atom stereocenters. The molecule has 0 bridgehead atoms. The van der Waals surface area contributed by atoms with Gasteiger partial charge in [-0.15, -0.1) is 0 Å². The quantitative estimate of drug-likeness (QED) is 0.891. The summed E-state index contributed by atoms with van der Waals surface area (Å²) in [6.07, 6.45) is 1.95. The van der Waals surface area contributed by atoms with Crippen LogP contribution in [0.1, 0.15) is 34.6 Å². The van der Waals surface area contributed by atoms with Gasteiger partial charge in [0.2, 0.25) is 5.91 Å². The standard InChI is InChI=1S/C18H21N3O2/c1-12-3-10-16(21(12)2)11-19-17(22)13-6-8-15(9-7-13)20-18(23)14-4-5-14/h3,6-10,14H,4-5,11H2,1-2H3,(H,19,22)(H,20,23). The summed E-state index contributed by atoms with van der Waals surface area (Å²) in [6, 6.07) is 11.0. The number of nitrogens with one attached hydrogen (secondary N) is 2. The van der Waals surface area contributed by atoms with E-state index in [9.17, 15) is 9.59 Å². The molecule has 0 saturated heterocycles. The van der Waals surface area contributed by atoms with Crippen LogP contribution in [0.25, 0.3) is 0 Å². The number of benzene rings is 1. The zero-order chi connectivity index (χ0) is 16.4. The summed E-state index contributed by atoms with van der Waals surface area (Å²) in [4.78, 5) is 23.9. The van der Waals surface area contributed by atoms with Crippen molar-refractivity contribution in [2.24, 2.45) is 13.0 Å². The topological polar surface area (TPSA) is 63.1 Å². The van der Waals surface area contributed by atoms with Crippen molar-refractivity contribution in [3.63, 3.8) is 0 Å². The Labute approximate surface area is 135 Å².